The number of nitrogen functional groups attached to an aromatic ring is 1. The van der Waals surface area contributed by atoms with E-state index in [4.69, 9.17) is 10.7 Å². The molecule has 2 N–H and O–H groups in total. The van der Waals surface area contributed by atoms with E-state index in [0.717, 1.165) is 16.7 Å². The Morgan fingerprint density at radius 1 is 1.08 bits per heavy atom. The number of carbonyl (C=O) groups excluding carboxylic acids is 2. The van der Waals surface area contributed by atoms with Crippen LogP contribution in [0.25, 0.3) is 16.8 Å². The van der Waals surface area contributed by atoms with Gasteiger partial charge in [0.05, 0.1) is 6.67 Å². The molecule has 1 amide bonds. The van der Waals surface area contributed by atoms with E-state index in [1.165, 1.54) is 0 Å². The van der Waals surface area contributed by atoms with E-state index in [9.17, 15) is 9.59 Å². The van der Waals surface area contributed by atoms with Crippen LogP contribution in [-0.4, -0.2) is 55.7 Å². The smallest absolute Gasteiger partial charge is 0.247 e. The monoisotopic (exact) mass is 481 g/mol. The molecule has 0 aliphatic carbocycles. The third-order valence-electron chi connectivity index (χ3n) is 6.30. The molecule has 1 aliphatic rings. The van der Waals surface area contributed by atoms with Gasteiger partial charge in [-0.3, -0.25) is 19.0 Å². The van der Waals surface area contributed by atoms with Crippen molar-refractivity contribution < 1.29 is 9.59 Å². The Morgan fingerprint density at radius 3 is 2.58 bits per heavy atom. The standard InChI is InChI=1S/C27H27N7O2/c1-4-5-21(35)32-12-13-33(16-32)27-31-23(24-26(28)29-10-11-34(24)27)19-6-8-20(9-7-19)25(36)22-18(3)14-17(2)15-30-22/h4-11,14-15H,12-13,16H2,1-3H3,(H2,28,29)/b5-4+. The van der Waals surface area contributed by atoms with Crippen molar-refractivity contribution in [2.75, 3.05) is 30.4 Å². The number of benzene rings is 1. The largest absolute Gasteiger partial charge is 0.382 e. The number of nitrogens with two attached hydrogens (primary N) is 1. The number of hydrogen-bond donors (Lipinski definition) is 1. The Bertz CT molecular complexity index is 1500. The number of pyridine rings is 1. The first-order valence-corrected chi connectivity index (χ1v) is 11.7. The van der Waals surface area contributed by atoms with Crippen LogP contribution in [0.3, 0.4) is 0 Å². The lowest BCUT2D eigenvalue weighted by Gasteiger charge is -2.17. The molecule has 4 aromatic rings. The zero-order chi connectivity index (χ0) is 25.4. The second kappa shape index (κ2) is 9.26. The molecular formula is C27H27N7O2. The summed E-state index contributed by atoms with van der Waals surface area (Å²) in [5.74, 6) is 0.885. The third kappa shape index (κ3) is 4.08. The Hall–Kier alpha value is -4.53. The Labute approximate surface area is 208 Å². The van der Waals surface area contributed by atoms with Crippen LogP contribution in [0.1, 0.15) is 34.1 Å². The number of fused-ring (bicyclic) bond motifs is 1. The summed E-state index contributed by atoms with van der Waals surface area (Å²) in [6.07, 6.45) is 8.46. The summed E-state index contributed by atoms with van der Waals surface area (Å²) in [5, 5.41) is 0. The minimum Gasteiger partial charge on any atom is -0.382 e. The molecular weight excluding hydrogens is 454 g/mol. The molecule has 36 heavy (non-hydrogen) atoms. The second-order valence-corrected chi connectivity index (χ2v) is 8.88. The zero-order valence-corrected chi connectivity index (χ0v) is 20.5. The van der Waals surface area contributed by atoms with Crippen LogP contribution in [0.5, 0.6) is 0 Å². The lowest BCUT2D eigenvalue weighted by Crippen LogP contribution is -2.30. The lowest BCUT2D eigenvalue weighted by molar-refractivity contribution is -0.124. The lowest BCUT2D eigenvalue weighted by atomic mass is 10.0. The second-order valence-electron chi connectivity index (χ2n) is 8.88. The van der Waals surface area contributed by atoms with E-state index in [1.807, 2.05) is 54.5 Å². The quantitative estimate of drug-likeness (QED) is 0.344. The van der Waals surface area contributed by atoms with Crippen molar-refractivity contribution in [2.24, 2.45) is 0 Å². The summed E-state index contributed by atoms with van der Waals surface area (Å²) >= 11 is 0. The number of allylic oxidation sites excluding steroid dienone is 1. The molecule has 9 nitrogen and oxygen atoms in total. The van der Waals surface area contributed by atoms with Crippen LogP contribution in [0.15, 0.2) is 61.1 Å². The number of aryl methyl sites for hydroxylation is 2. The predicted molar refractivity (Wildman–Crippen MR) is 139 cm³/mol. The summed E-state index contributed by atoms with van der Waals surface area (Å²) in [6.45, 7) is 7.36. The molecule has 0 bridgehead atoms. The van der Waals surface area contributed by atoms with E-state index in [-0.39, 0.29) is 11.7 Å². The van der Waals surface area contributed by atoms with Gasteiger partial charge in [0.2, 0.25) is 17.6 Å². The van der Waals surface area contributed by atoms with E-state index in [0.29, 0.717) is 54.0 Å². The molecule has 0 saturated carbocycles. The van der Waals surface area contributed by atoms with Crippen molar-refractivity contribution in [1.29, 1.82) is 0 Å². The van der Waals surface area contributed by atoms with Crippen molar-refractivity contribution in [3.8, 4) is 11.3 Å². The minimum absolute atomic E-state index is 0.0270. The van der Waals surface area contributed by atoms with Crippen molar-refractivity contribution in [1.82, 2.24) is 24.3 Å². The first-order chi connectivity index (χ1) is 17.4. The first-order valence-electron chi connectivity index (χ1n) is 11.7. The SMILES string of the molecule is C/C=C/C(=O)N1CCN(c2nc(-c3ccc(C(=O)c4ncc(C)cc4C)cc3)c3c(N)nccn23)C1. The van der Waals surface area contributed by atoms with Crippen LogP contribution in [-0.2, 0) is 4.79 Å². The highest BCUT2D eigenvalue weighted by molar-refractivity contribution is 6.08. The topological polar surface area (TPSA) is 110 Å². The molecule has 3 aromatic heterocycles. The average molecular weight is 482 g/mol. The molecule has 182 valence electrons. The molecule has 0 radical (unpaired) electrons. The van der Waals surface area contributed by atoms with Crippen molar-refractivity contribution in [3.05, 3.63) is 83.5 Å². The van der Waals surface area contributed by atoms with Gasteiger partial charge < -0.3 is 15.5 Å². The van der Waals surface area contributed by atoms with Gasteiger partial charge in [0.15, 0.2) is 0 Å². The van der Waals surface area contributed by atoms with Crippen molar-refractivity contribution in [2.45, 2.75) is 20.8 Å². The molecule has 0 spiro atoms. The highest BCUT2D eigenvalue weighted by Crippen LogP contribution is 2.32. The van der Waals surface area contributed by atoms with Crippen LogP contribution in [0.4, 0.5) is 11.8 Å². The summed E-state index contributed by atoms with van der Waals surface area (Å²) in [6, 6.07) is 9.24. The van der Waals surface area contributed by atoms with Crippen LogP contribution >= 0.6 is 0 Å². The molecule has 0 unspecified atom stereocenters. The van der Waals surface area contributed by atoms with Gasteiger partial charge in [0, 0.05) is 42.8 Å². The summed E-state index contributed by atoms with van der Waals surface area (Å²) in [5.41, 5.74) is 11.3. The van der Waals surface area contributed by atoms with Gasteiger partial charge in [-0.2, -0.15) is 0 Å². The fraction of sp³-hybridized carbons (Fsp3) is 0.222. The number of aromatic nitrogens is 4. The van der Waals surface area contributed by atoms with E-state index in [1.54, 1.807) is 41.6 Å². The minimum atomic E-state index is -0.126. The van der Waals surface area contributed by atoms with Gasteiger partial charge >= 0.3 is 0 Å². The summed E-state index contributed by atoms with van der Waals surface area (Å²) < 4.78 is 1.90. The Kier molecular flexibility index (Phi) is 5.97. The predicted octanol–water partition coefficient (Wildman–Crippen LogP) is 3.40. The molecule has 0 atom stereocenters. The molecule has 1 fully saturated rings. The maximum Gasteiger partial charge on any atom is 0.247 e. The van der Waals surface area contributed by atoms with Gasteiger partial charge in [-0.1, -0.05) is 36.4 Å². The molecule has 5 rings (SSSR count). The van der Waals surface area contributed by atoms with Gasteiger partial charge in [-0.25, -0.2) is 9.97 Å². The fourth-order valence-electron chi connectivity index (χ4n) is 4.52. The van der Waals surface area contributed by atoms with E-state index in [2.05, 4.69) is 9.97 Å². The Balaban J connectivity index is 1.49. The summed E-state index contributed by atoms with van der Waals surface area (Å²) in [7, 11) is 0. The molecule has 4 heterocycles. The van der Waals surface area contributed by atoms with Gasteiger partial charge in [-0.15, -0.1) is 0 Å². The molecule has 1 saturated heterocycles. The summed E-state index contributed by atoms with van der Waals surface area (Å²) in [4.78, 5) is 42.7. The van der Waals surface area contributed by atoms with Gasteiger partial charge in [0.25, 0.3) is 0 Å². The number of hydrogen-bond acceptors (Lipinski definition) is 7. The third-order valence-corrected chi connectivity index (χ3v) is 6.30. The van der Waals surface area contributed by atoms with Gasteiger partial charge in [-0.05, 0) is 38.0 Å². The maximum absolute atomic E-state index is 13.0. The van der Waals surface area contributed by atoms with Crippen LogP contribution in [0.2, 0.25) is 0 Å². The number of rotatable bonds is 5. The highest BCUT2D eigenvalue weighted by atomic mass is 16.2. The van der Waals surface area contributed by atoms with E-state index >= 15 is 0 Å². The number of ketones is 1. The normalized spacial score (nSPS) is 13.8. The molecule has 9 heteroatoms. The molecule has 1 aliphatic heterocycles. The number of imidazole rings is 1. The number of anilines is 2. The van der Waals surface area contributed by atoms with E-state index < -0.39 is 0 Å². The molecule has 1 aromatic carbocycles. The first kappa shape index (κ1) is 23.2. The maximum atomic E-state index is 13.0. The average Bonchev–Trinajstić information content (AvgIpc) is 3.50. The van der Waals surface area contributed by atoms with Crippen LogP contribution < -0.4 is 10.6 Å². The number of carbonyl (C=O) groups is 2. The number of nitrogens with zero attached hydrogens (tertiary/aromatic N) is 6. The van der Waals surface area contributed by atoms with Crippen LogP contribution in [0, 0.1) is 13.8 Å². The highest BCUT2D eigenvalue weighted by Gasteiger charge is 2.28. The van der Waals surface area contributed by atoms with Gasteiger partial charge in [0.1, 0.15) is 22.7 Å². The number of amides is 1. The Morgan fingerprint density at radius 2 is 1.86 bits per heavy atom. The van der Waals surface area contributed by atoms with Crippen molar-refractivity contribution in [3.63, 3.8) is 0 Å². The fourth-order valence-corrected chi connectivity index (χ4v) is 4.52. The zero-order valence-electron chi connectivity index (χ0n) is 20.5. The van der Waals surface area contributed by atoms with Crippen molar-refractivity contribution >= 4 is 29.0 Å².